The molecule has 1 aromatic carbocycles. The average molecular weight is 295 g/mol. The molecule has 2 rings (SSSR count). The summed E-state index contributed by atoms with van der Waals surface area (Å²) in [5, 5.41) is 11.4. The van der Waals surface area contributed by atoms with Gasteiger partial charge >= 0.3 is 0 Å². The fourth-order valence-corrected chi connectivity index (χ4v) is 2.06. The second kappa shape index (κ2) is 7.85. The largest absolute Gasteiger partial charge is 0.482 e. The zero-order chi connectivity index (χ0) is 15.1. The molecule has 116 valence electrons. The molecule has 0 saturated carbocycles. The molecule has 0 aromatic heterocycles. The molecular formula is C15H21NO5. The number of fused-ring (bicyclic) bond motifs is 1. The van der Waals surface area contributed by atoms with Crippen LogP contribution in [0.25, 0.3) is 0 Å². The molecule has 0 aliphatic carbocycles. The number of nitrogens with one attached hydrogen (secondary N) is 1. The van der Waals surface area contributed by atoms with E-state index in [9.17, 15) is 4.79 Å². The maximum Gasteiger partial charge on any atom is 0.265 e. The zero-order valence-corrected chi connectivity index (χ0v) is 12.1. The SMILES string of the molecule is CC1Oc2ccccc2OC1C(=O)NCCCOCCO. The number of ether oxygens (including phenoxy) is 3. The molecule has 6 heteroatoms. The van der Waals surface area contributed by atoms with Gasteiger partial charge in [-0.2, -0.15) is 0 Å². The Balaban J connectivity index is 1.78. The number of hydrogen-bond donors (Lipinski definition) is 2. The van der Waals surface area contributed by atoms with Crippen LogP contribution < -0.4 is 14.8 Å². The molecule has 0 fully saturated rings. The van der Waals surface area contributed by atoms with Crippen LogP contribution in [0.1, 0.15) is 13.3 Å². The number of carbonyl (C=O) groups excluding carboxylic acids is 1. The van der Waals surface area contributed by atoms with Crippen LogP contribution >= 0.6 is 0 Å². The maximum absolute atomic E-state index is 12.1. The molecule has 2 N–H and O–H groups in total. The van der Waals surface area contributed by atoms with Crippen molar-refractivity contribution in [2.75, 3.05) is 26.4 Å². The molecular weight excluding hydrogens is 274 g/mol. The van der Waals surface area contributed by atoms with Gasteiger partial charge in [-0.25, -0.2) is 0 Å². The monoisotopic (exact) mass is 295 g/mol. The highest BCUT2D eigenvalue weighted by atomic mass is 16.6. The molecule has 1 aliphatic heterocycles. The van der Waals surface area contributed by atoms with E-state index in [1.54, 1.807) is 6.07 Å². The predicted octanol–water partition coefficient (Wildman–Crippen LogP) is 0.730. The topological polar surface area (TPSA) is 77.0 Å². The van der Waals surface area contributed by atoms with Gasteiger partial charge in [0.05, 0.1) is 13.2 Å². The first-order chi connectivity index (χ1) is 10.2. The quantitative estimate of drug-likeness (QED) is 0.725. The third-order valence-electron chi connectivity index (χ3n) is 3.10. The summed E-state index contributed by atoms with van der Waals surface area (Å²) in [6, 6.07) is 7.30. The van der Waals surface area contributed by atoms with Crippen molar-refractivity contribution in [1.29, 1.82) is 0 Å². The first-order valence-corrected chi connectivity index (χ1v) is 7.11. The molecule has 0 spiro atoms. The molecule has 1 heterocycles. The van der Waals surface area contributed by atoms with E-state index >= 15 is 0 Å². The van der Waals surface area contributed by atoms with Crippen molar-refractivity contribution in [2.24, 2.45) is 0 Å². The molecule has 1 aliphatic rings. The highest BCUT2D eigenvalue weighted by molar-refractivity contribution is 5.82. The minimum Gasteiger partial charge on any atom is -0.482 e. The minimum absolute atomic E-state index is 0.0105. The summed E-state index contributed by atoms with van der Waals surface area (Å²) in [5.41, 5.74) is 0. The highest BCUT2D eigenvalue weighted by Gasteiger charge is 2.33. The van der Waals surface area contributed by atoms with Crippen molar-refractivity contribution >= 4 is 5.91 Å². The van der Waals surface area contributed by atoms with Crippen LogP contribution in [-0.2, 0) is 9.53 Å². The Hall–Kier alpha value is -1.79. The van der Waals surface area contributed by atoms with Gasteiger partial charge in [0.25, 0.3) is 5.91 Å². The lowest BCUT2D eigenvalue weighted by Gasteiger charge is -2.31. The maximum atomic E-state index is 12.1. The summed E-state index contributed by atoms with van der Waals surface area (Å²) in [7, 11) is 0. The van der Waals surface area contributed by atoms with E-state index in [4.69, 9.17) is 19.3 Å². The summed E-state index contributed by atoms with van der Waals surface area (Å²) in [6.45, 7) is 3.14. The Morgan fingerprint density at radius 1 is 1.29 bits per heavy atom. The van der Waals surface area contributed by atoms with Crippen molar-refractivity contribution in [2.45, 2.75) is 25.6 Å². The number of aliphatic hydroxyl groups is 1. The molecule has 21 heavy (non-hydrogen) atoms. The summed E-state index contributed by atoms with van der Waals surface area (Å²) in [4.78, 5) is 12.1. The number of rotatable bonds is 7. The molecule has 6 nitrogen and oxygen atoms in total. The van der Waals surface area contributed by atoms with Crippen molar-refractivity contribution in [3.63, 3.8) is 0 Å². The first kappa shape index (κ1) is 15.6. The van der Waals surface area contributed by atoms with Crippen LogP contribution in [-0.4, -0.2) is 49.6 Å². The van der Waals surface area contributed by atoms with E-state index in [1.165, 1.54) is 0 Å². The molecule has 0 radical (unpaired) electrons. The first-order valence-electron chi connectivity index (χ1n) is 7.11. The number of carbonyl (C=O) groups is 1. The summed E-state index contributed by atoms with van der Waals surface area (Å²) < 4.78 is 16.5. The Morgan fingerprint density at radius 2 is 2.00 bits per heavy atom. The molecule has 0 saturated heterocycles. The summed E-state index contributed by atoms with van der Waals surface area (Å²) in [6.07, 6.45) is -0.312. The average Bonchev–Trinajstić information content (AvgIpc) is 2.49. The third kappa shape index (κ3) is 4.34. The smallest absolute Gasteiger partial charge is 0.265 e. The molecule has 1 amide bonds. The lowest BCUT2D eigenvalue weighted by Crippen LogP contribution is -2.49. The van der Waals surface area contributed by atoms with Gasteiger partial charge in [-0.05, 0) is 25.5 Å². The number of aliphatic hydroxyl groups excluding tert-OH is 1. The Morgan fingerprint density at radius 3 is 2.71 bits per heavy atom. The van der Waals surface area contributed by atoms with Crippen molar-refractivity contribution in [3.8, 4) is 11.5 Å². The fourth-order valence-electron chi connectivity index (χ4n) is 2.06. The number of hydrogen-bond acceptors (Lipinski definition) is 5. The molecule has 2 atom stereocenters. The van der Waals surface area contributed by atoms with Gasteiger partial charge < -0.3 is 24.6 Å². The van der Waals surface area contributed by atoms with Crippen LogP contribution in [0.2, 0.25) is 0 Å². The van der Waals surface area contributed by atoms with Gasteiger partial charge in [-0.3, -0.25) is 4.79 Å². The van der Waals surface area contributed by atoms with Crippen LogP contribution in [0.3, 0.4) is 0 Å². The number of amides is 1. The van der Waals surface area contributed by atoms with E-state index < -0.39 is 6.10 Å². The highest BCUT2D eigenvalue weighted by Crippen LogP contribution is 2.33. The summed E-state index contributed by atoms with van der Waals surface area (Å²) in [5.74, 6) is 1.05. The fraction of sp³-hybridized carbons (Fsp3) is 0.533. The van der Waals surface area contributed by atoms with Gasteiger partial charge in [-0.15, -0.1) is 0 Å². The second-order valence-electron chi connectivity index (χ2n) is 4.79. The van der Waals surface area contributed by atoms with Gasteiger partial charge in [0, 0.05) is 13.2 Å². The van der Waals surface area contributed by atoms with Crippen LogP contribution in [0.15, 0.2) is 24.3 Å². The van der Waals surface area contributed by atoms with E-state index in [0.29, 0.717) is 37.7 Å². The van der Waals surface area contributed by atoms with E-state index in [-0.39, 0.29) is 18.6 Å². The third-order valence-corrected chi connectivity index (χ3v) is 3.10. The van der Waals surface area contributed by atoms with Crippen molar-refractivity contribution in [3.05, 3.63) is 24.3 Å². The summed E-state index contributed by atoms with van der Waals surface area (Å²) >= 11 is 0. The van der Waals surface area contributed by atoms with Crippen molar-refractivity contribution in [1.82, 2.24) is 5.32 Å². The predicted molar refractivity (Wildman–Crippen MR) is 76.5 cm³/mol. The lowest BCUT2D eigenvalue weighted by atomic mass is 10.1. The van der Waals surface area contributed by atoms with E-state index in [1.807, 2.05) is 25.1 Å². The number of para-hydroxylation sites is 2. The van der Waals surface area contributed by atoms with Crippen LogP contribution in [0.4, 0.5) is 0 Å². The molecule has 2 unspecified atom stereocenters. The van der Waals surface area contributed by atoms with Crippen LogP contribution in [0, 0.1) is 0 Å². The Bertz CT molecular complexity index is 465. The van der Waals surface area contributed by atoms with Gasteiger partial charge in [0.2, 0.25) is 6.10 Å². The van der Waals surface area contributed by atoms with E-state index in [2.05, 4.69) is 5.32 Å². The zero-order valence-electron chi connectivity index (χ0n) is 12.1. The normalized spacial score (nSPS) is 20.1. The van der Waals surface area contributed by atoms with Crippen molar-refractivity contribution < 1.29 is 24.1 Å². The molecule has 1 aromatic rings. The van der Waals surface area contributed by atoms with Crippen LogP contribution in [0.5, 0.6) is 11.5 Å². The van der Waals surface area contributed by atoms with Gasteiger partial charge in [0.15, 0.2) is 11.5 Å². The molecule has 0 bridgehead atoms. The second-order valence-corrected chi connectivity index (χ2v) is 4.79. The standard InChI is InChI=1S/C15H21NO5/c1-11-14(15(18)16-7-4-9-19-10-8-17)21-13-6-3-2-5-12(13)20-11/h2-3,5-6,11,14,17H,4,7-10H2,1H3,(H,16,18). The van der Waals surface area contributed by atoms with Gasteiger partial charge in [0.1, 0.15) is 6.10 Å². The van der Waals surface area contributed by atoms with Gasteiger partial charge in [-0.1, -0.05) is 12.1 Å². The number of benzene rings is 1. The lowest BCUT2D eigenvalue weighted by molar-refractivity contribution is -0.133. The Labute approximate surface area is 124 Å². The Kier molecular flexibility index (Phi) is 5.83. The minimum atomic E-state index is -0.654. The van der Waals surface area contributed by atoms with E-state index in [0.717, 1.165) is 0 Å².